The average Bonchev–Trinajstić information content (AvgIpc) is 2.72. The molecule has 0 spiro atoms. The van der Waals surface area contributed by atoms with E-state index < -0.39 is 0 Å². The van der Waals surface area contributed by atoms with Gasteiger partial charge in [-0.1, -0.05) is 0 Å². The molecule has 17 heavy (non-hydrogen) atoms. The predicted octanol–water partition coefficient (Wildman–Crippen LogP) is 0.257. The number of carbonyl (C=O) groups is 1. The van der Waals surface area contributed by atoms with Gasteiger partial charge in [-0.15, -0.1) is 0 Å². The third-order valence-electron chi connectivity index (χ3n) is 2.42. The van der Waals surface area contributed by atoms with Crippen molar-refractivity contribution in [3.63, 3.8) is 0 Å². The standard InChI is InChI=1S/C9H13ClN6O/c1-11-8-14-7(10)15-9(16-8)12-4-5-2-3-6(17)13-5/h5H,2-4H2,1H3,(H,13,17)(H2,11,12,14,15,16). The fourth-order valence-corrected chi connectivity index (χ4v) is 1.75. The van der Waals surface area contributed by atoms with Gasteiger partial charge in [0.25, 0.3) is 0 Å². The number of hydrogen-bond acceptors (Lipinski definition) is 6. The molecule has 1 aliphatic heterocycles. The van der Waals surface area contributed by atoms with E-state index in [4.69, 9.17) is 11.6 Å². The monoisotopic (exact) mass is 256 g/mol. The van der Waals surface area contributed by atoms with E-state index >= 15 is 0 Å². The van der Waals surface area contributed by atoms with Crippen LogP contribution < -0.4 is 16.0 Å². The van der Waals surface area contributed by atoms with Crippen LogP contribution in [0.3, 0.4) is 0 Å². The molecule has 0 bridgehead atoms. The van der Waals surface area contributed by atoms with Crippen molar-refractivity contribution in [1.29, 1.82) is 0 Å². The molecule has 8 heteroatoms. The Bertz CT molecular complexity index is 426. The summed E-state index contributed by atoms with van der Waals surface area (Å²) in [6.07, 6.45) is 1.40. The highest BCUT2D eigenvalue weighted by Crippen LogP contribution is 2.11. The topological polar surface area (TPSA) is 91.8 Å². The number of carbonyl (C=O) groups excluding carboxylic acids is 1. The van der Waals surface area contributed by atoms with Crippen LogP contribution in [0.15, 0.2) is 0 Å². The molecular formula is C9H13ClN6O. The lowest BCUT2D eigenvalue weighted by molar-refractivity contribution is -0.119. The third kappa shape index (κ3) is 3.16. The maximum Gasteiger partial charge on any atom is 0.228 e. The Labute approximate surface area is 103 Å². The number of hydrogen-bond donors (Lipinski definition) is 3. The number of nitrogens with zero attached hydrogens (tertiary/aromatic N) is 3. The van der Waals surface area contributed by atoms with E-state index in [0.717, 1.165) is 6.42 Å². The second-order valence-electron chi connectivity index (χ2n) is 3.69. The molecule has 0 aliphatic carbocycles. The summed E-state index contributed by atoms with van der Waals surface area (Å²) in [6.45, 7) is 0.579. The number of rotatable bonds is 4. The minimum atomic E-state index is 0.0846. The zero-order valence-electron chi connectivity index (χ0n) is 9.33. The smallest absolute Gasteiger partial charge is 0.228 e. The van der Waals surface area contributed by atoms with Gasteiger partial charge in [0, 0.05) is 26.1 Å². The molecular weight excluding hydrogens is 244 g/mol. The number of halogens is 1. The number of aromatic nitrogens is 3. The summed E-state index contributed by atoms with van der Waals surface area (Å²) in [7, 11) is 1.70. The first-order chi connectivity index (χ1) is 8.17. The van der Waals surface area contributed by atoms with Crippen LogP contribution in [0.1, 0.15) is 12.8 Å². The van der Waals surface area contributed by atoms with Crippen LogP contribution in [0.25, 0.3) is 0 Å². The van der Waals surface area contributed by atoms with Gasteiger partial charge in [0.05, 0.1) is 0 Å². The Balaban J connectivity index is 1.94. The molecule has 3 N–H and O–H groups in total. The van der Waals surface area contributed by atoms with E-state index in [0.29, 0.717) is 24.9 Å². The summed E-state index contributed by atoms with van der Waals surface area (Å²) >= 11 is 5.74. The molecule has 2 rings (SSSR count). The van der Waals surface area contributed by atoms with Crippen LogP contribution in [-0.4, -0.2) is 40.5 Å². The molecule has 2 heterocycles. The van der Waals surface area contributed by atoms with E-state index in [-0.39, 0.29) is 17.2 Å². The van der Waals surface area contributed by atoms with Crippen LogP contribution >= 0.6 is 11.6 Å². The summed E-state index contributed by atoms with van der Waals surface area (Å²) < 4.78 is 0. The molecule has 1 aliphatic rings. The zero-order valence-corrected chi connectivity index (χ0v) is 10.1. The lowest BCUT2D eigenvalue weighted by Crippen LogP contribution is -2.32. The van der Waals surface area contributed by atoms with Crippen LogP contribution in [0.2, 0.25) is 5.28 Å². The SMILES string of the molecule is CNc1nc(Cl)nc(NCC2CCC(=O)N2)n1. The minimum Gasteiger partial charge on any atom is -0.357 e. The molecule has 1 atom stereocenters. The van der Waals surface area contributed by atoms with Gasteiger partial charge in [-0.3, -0.25) is 4.79 Å². The number of anilines is 2. The van der Waals surface area contributed by atoms with Crippen LogP contribution in [0, 0.1) is 0 Å². The van der Waals surface area contributed by atoms with Gasteiger partial charge in [0.2, 0.25) is 23.1 Å². The summed E-state index contributed by atoms with van der Waals surface area (Å²) in [6, 6.07) is 0.121. The molecule has 92 valence electrons. The van der Waals surface area contributed by atoms with Crippen LogP contribution in [0.4, 0.5) is 11.9 Å². The quantitative estimate of drug-likeness (QED) is 0.716. The van der Waals surface area contributed by atoms with Crippen LogP contribution in [0.5, 0.6) is 0 Å². The van der Waals surface area contributed by atoms with Gasteiger partial charge >= 0.3 is 0 Å². The van der Waals surface area contributed by atoms with Crippen molar-refractivity contribution in [3.05, 3.63) is 5.28 Å². The fourth-order valence-electron chi connectivity index (χ4n) is 1.59. The molecule has 0 aromatic carbocycles. The van der Waals surface area contributed by atoms with E-state index in [1.807, 2.05) is 0 Å². The summed E-state index contributed by atoms with van der Waals surface area (Å²) in [5.41, 5.74) is 0. The maximum atomic E-state index is 11.0. The lowest BCUT2D eigenvalue weighted by atomic mass is 10.2. The Hall–Kier alpha value is -1.63. The molecule has 1 saturated heterocycles. The van der Waals surface area contributed by atoms with E-state index in [1.54, 1.807) is 7.05 Å². The first-order valence-corrected chi connectivity index (χ1v) is 5.67. The molecule has 0 saturated carbocycles. The summed E-state index contributed by atoms with van der Waals surface area (Å²) in [5, 5.41) is 8.78. The number of amides is 1. The highest BCUT2D eigenvalue weighted by atomic mass is 35.5. The second-order valence-corrected chi connectivity index (χ2v) is 4.02. The average molecular weight is 257 g/mol. The van der Waals surface area contributed by atoms with Gasteiger partial charge in [0.15, 0.2) is 0 Å². The van der Waals surface area contributed by atoms with Gasteiger partial charge < -0.3 is 16.0 Å². The van der Waals surface area contributed by atoms with Gasteiger partial charge in [-0.2, -0.15) is 15.0 Å². The molecule has 0 radical (unpaired) electrons. The highest BCUT2D eigenvalue weighted by molar-refractivity contribution is 6.28. The number of nitrogens with one attached hydrogen (secondary N) is 3. The first-order valence-electron chi connectivity index (χ1n) is 5.30. The fraction of sp³-hybridized carbons (Fsp3) is 0.556. The van der Waals surface area contributed by atoms with Gasteiger partial charge in [0.1, 0.15) is 0 Å². The lowest BCUT2D eigenvalue weighted by Gasteiger charge is -2.11. The minimum absolute atomic E-state index is 0.0846. The normalized spacial score (nSPS) is 18.9. The van der Waals surface area contributed by atoms with Crippen molar-refractivity contribution in [2.75, 3.05) is 24.2 Å². The van der Waals surface area contributed by atoms with Crippen molar-refractivity contribution in [2.45, 2.75) is 18.9 Å². The van der Waals surface area contributed by atoms with Crippen LogP contribution in [-0.2, 0) is 4.79 Å². The summed E-state index contributed by atoms with van der Waals surface area (Å²) in [4.78, 5) is 22.9. The highest BCUT2D eigenvalue weighted by Gasteiger charge is 2.20. The van der Waals surface area contributed by atoms with Crippen molar-refractivity contribution in [2.24, 2.45) is 0 Å². The van der Waals surface area contributed by atoms with E-state index in [9.17, 15) is 4.79 Å². The van der Waals surface area contributed by atoms with Crippen molar-refractivity contribution >= 4 is 29.4 Å². The largest absolute Gasteiger partial charge is 0.357 e. The van der Waals surface area contributed by atoms with E-state index in [2.05, 4.69) is 30.9 Å². The predicted molar refractivity (Wildman–Crippen MR) is 64.0 cm³/mol. The first kappa shape index (κ1) is 11.8. The molecule has 1 aromatic heterocycles. The molecule has 1 aromatic rings. The molecule has 1 amide bonds. The second kappa shape index (κ2) is 5.13. The van der Waals surface area contributed by atoms with Gasteiger partial charge in [-0.05, 0) is 18.0 Å². The molecule has 7 nitrogen and oxygen atoms in total. The summed E-state index contributed by atoms with van der Waals surface area (Å²) in [5.74, 6) is 0.889. The van der Waals surface area contributed by atoms with Crippen molar-refractivity contribution in [3.8, 4) is 0 Å². The Morgan fingerprint density at radius 2 is 2.18 bits per heavy atom. The Kier molecular flexibility index (Phi) is 3.58. The molecule has 1 unspecified atom stereocenters. The maximum absolute atomic E-state index is 11.0. The molecule has 1 fully saturated rings. The van der Waals surface area contributed by atoms with Crippen molar-refractivity contribution < 1.29 is 4.79 Å². The van der Waals surface area contributed by atoms with E-state index in [1.165, 1.54) is 0 Å². The van der Waals surface area contributed by atoms with Crippen molar-refractivity contribution in [1.82, 2.24) is 20.3 Å². The Morgan fingerprint density at radius 1 is 1.41 bits per heavy atom. The van der Waals surface area contributed by atoms with Gasteiger partial charge in [-0.25, -0.2) is 0 Å². The zero-order chi connectivity index (χ0) is 12.3. The Morgan fingerprint density at radius 3 is 2.82 bits per heavy atom. The third-order valence-corrected chi connectivity index (χ3v) is 2.59.